The number of aromatic nitrogens is 1. The Morgan fingerprint density at radius 3 is 2.52 bits per heavy atom. The van der Waals surface area contributed by atoms with Crippen molar-refractivity contribution < 1.29 is 37.3 Å². The number of H-pyrrole nitrogens is 1. The van der Waals surface area contributed by atoms with Crippen molar-refractivity contribution in [3.05, 3.63) is 36.0 Å². The Morgan fingerprint density at radius 1 is 1.14 bits per heavy atom. The van der Waals surface area contributed by atoms with Crippen LogP contribution in [-0.2, 0) is 24.5 Å². The first kappa shape index (κ1) is 30.5. The molecule has 238 valence electrons. The summed E-state index contributed by atoms with van der Waals surface area (Å²) in [6.07, 6.45) is 2.37. The van der Waals surface area contributed by atoms with Gasteiger partial charge in [-0.2, -0.15) is 8.42 Å². The van der Waals surface area contributed by atoms with E-state index in [4.69, 9.17) is 0 Å². The number of aliphatic hydroxyl groups is 1. The summed E-state index contributed by atoms with van der Waals surface area (Å²) in [5, 5.41) is 19.6. The maximum atomic E-state index is 14.1. The maximum Gasteiger partial charge on any atom is 0.294 e. The molecule has 44 heavy (non-hydrogen) atoms. The molecule has 1 aromatic carbocycles. The lowest BCUT2D eigenvalue weighted by Crippen LogP contribution is -2.59. The first-order valence-corrected chi connectivity index (χ1v) is 16.7. The van der Waals surface area contributed by atoms with Crippen LogP contribution in [0.3, 0.4) is 0 Å². The van der Waals surface area contributed by atoms with Gasteiger partial charge in [0.1, 0.15) is 17.8 Å². The second kappa shape index (κ2) is 11.1. The Morgan fingerprint density at radius 2 is 1.86 bits per heavy atom. The molecule has 2 aromatic rings. The van der Waals surface area contributed by atoms with E-state index in [-0.39, 0.29) is 42.0 Å². The summed E-state index contributed by atoms with van der Waals surface area (Å²) in [4.78, 5) is 58.2. The van der Waals surface area contributed by atoms with Crippen molar-refractivity contribution in [1.82, 2.24) is 25.8 Å². The lowest BCUT2D eigenvalue weighted by Gasteiger charge is -2.35. The van der Waals surface area contributed by atoms with E-state index in [1.807, 2.05) is 38.1 Å². The molecule has 1 unspecified atom stereocenters. The van der Waals surface area contributed by atoms with Crippen LogP contribution in [0.2, 0.25) is 0 Å². The van der Waals surface area contributed by atoms with Crippen molar-refractivity contribution in [2.45, 2.75) is 69.5 Å². The molecule has 2 saturated heterocycles. The van der Waals surface area contributed by atoms with Crippen LogP contribution in [0.15, 0.2) is 30.3 Å². The molecule has 0 bridgehead atoms. The lowest BCUT2D eigenvalue weighted by atomic mass is 9.91. The second-order valence-corrected chi connectivity index (χ2v) is 14.8. The zero-order valence-corrected chi connectivity index (χ0v) is 25.5. The van der Waals surface area contributed by atoms with Gasteiger partial charge in [0, 0.05) is 29.9 Å². The number of carbonyl (C=O) groups excluding carboxylic acids is 4. The van der Waals surface area contributed by atoms with E-state index in [9.17, 15) is 37.3 Å². The first-order chi connectivity index (χ1) is 20.8. The summed E-state index contributed by atoms with van der Waals surface area (Å²) in [7, 11) is -4.98. The molecule has 14 heteroatoms. The molecule has 7 atom stereocenters. The molecule has 2 aliphatic heterocycles. The van der Waals surface area contributed by atoms with Gasteiger partial charge in [0.25, 0.3) is 16.0 Å². The Hall–Kier alpha value is -3.49. The van der Waals surface area contributed by atoms with Crippen molar-refractivity contribution in [2.24, 2.45) is 29.1 Å². The molecule has 2 saturated carbocycles. The second-order valence-electron chi connectivity index (χ2n) is 13.3. The highest BCUT2D eigenvalue weighted by atomic mass is 32.2. The number of rotatable bonds is 10. The molecule has 6 rings (SSSR count). The highest BCUT2D eigenvalue weighted by Gasteiger charge is 2.70. The number of benzene rings is 1. The van der Waals surface area contributed by atoms with Crippen molar-refractivity contribution in [3.8, 4) is 0 Å². The van der Waals surface area contributed by atoms with Gasteiger partial charge in [0.2, 0.25) is 23.2 Å². The third kappa shape index (κ3) is 5.70. The monoisotopic (exact) mass is 629 g/mol. The summed E-state index contributed by atoms with van der Waals surface area (Å²) >= 11 is 0. The number of carbonyl (C=O) groups is 4. The van der Waals surface area contributed by atoms with Crippen LogP contribution >= 0.6 is 0 Å². The zero-order valence-electron chi connectivity index (χ0n) is 24.7. The van der Waals surface area contributed by atoms with Gasteiger partial charge in [-0.05, 0) is 67.4 Å². The zero-order chi connectivity index (χ0) is 31.6. The van der Waals surface area contributed by atoms with Gasteiger partial charge < -0.3 is 30.9 Å². The standard InChI is InChI=1S/C30H39N5O8S/c1-30(2)18-14-35(28(39)23(15-9-10-15)34-26(37)20-12-16-6-3-4-8-19(16)32-20)24(22(18)30)27(38)33-21(29(40)44(41,42)43)13-17-7-5-11-31-25(17)36/h3-4,6,8,12,15,17-18,21-24,29,32,40H,5,7,9-11,13-14H2,1-2H3,(H,31,36)(H,33,38)(H,34,37)(H,41,42,43)/t17-,18-,21-,22-,23-,24-,29?/m0/s1. The number of aliphatic hydroxyl groups excluding tert-OH is 1. The predicted molar refractivity (Wildman–Crippen MR) is 158 cm³/mol. The molecule has 0 radical (unpaired) electrons. The number of nitrogens with one attached hydrogen (secondary N) is 4. The fourth-order valence-electron chi connectivity index (χ4n) is 7.31. The van der Waals surface area contributed by atoms with E-state index in [0.29, 0.717) is 25.1 Å². The lowest BCUT2D eigenvalue weighted by molar-refractivity contribution is -0.142. The van der Waals surface area contributed by atoms with Gasteiger partial charge in [-0.25, -0.2) is 0 Å². The van der Waals surface area contributed by atoms with Gasteiger partial charge in [-0.1, -0.05) is 32.0 Å². The SMILES string of the molecule is CC1(C)[C@@H]2[C@@H](C(=O)N[C@@H](C[C@@H]3CCCNC3=O)C(O)S(=O)(=O)O)N(C(=O)[C@@H](NC(=O)c3cc4ccccc4[nH]3)C3CC3)C[C@@H]21. The largest absolute Gasteiger partial charge is 0.374 e. The minimum Gasteiger partial charge on any atom is -0.374 e. The third-order valence-corrected chi connectivity index (χ3v) is 11.0. The highest BCUT2D eigenvalue weighted by Crippen LogP contribution is 2.65. The van der Waals surface area contributed by atoms with E-state index in [1.54, 1.807) is 6.07 Å². The minimum atomic E-state index is -4.98. The fraction of sp³-hybridized carbons (Fsp3) is 0.600. The van der Waals surface area contributed by atoms with E-state index in [2.05, 4.69) is 20.9 Å². The Bertz CT molecular complexity index is 1570. The van der Waals surface area contributed by atoms with Gasteiger partial charge in [0.15, 0.2) is 0 Å². The molecule has 4 amide bonds. The highest BCUT2D eigenvalue weighted by molar-refractivity contribution is 7.86. The van der Waals surface area contributed by atoms with Crippen LogP contribution in [0.25, 0.3) is 10.9 Å². The number of likely N-dealkylation sites (tertiary alicyclic amines) is 1. The molecule has 6 N–H and O–H groups in total. The average Bonchev–Trinajstić information content (AvgIpc) is 3.75. The van der Waals surface area contributed by atoms with Crippen LogP contribution in [0.4, 0.5) is 0 Å². The Balaban J connectivity index is 1.22. The number of hydrogen-bond acceptors (Lipinski definition) is 7. The molecule has 4 fully saturated rings. The van der Waals surface area contributed by atoms with E-state index in [0.717, 1.165) is 23.7 Å². The number of fused-ring (bicyclic) bond motifs is 2. The maximum absolute atomic E-state index is 14.1. The molecule has 0 spiro atoms. The normalized spacial score (nSPS) is 28.0. The molecule has 3 heterocycles. The van der Waals surface area contributed by atoms with Crippen LogP contribution in [-0.4, -0.2) is 88.2 Å². The number of hydrogen-bond donors (Lipinski definition) is 6. The quantitative estimate of drug-likeness (QED) is 0.207. The summed E-state index contributed by atoms with van der Waals surface area (Å²) in [6, 6.07) is 5.85. The van der Waals surface area contributed by atoms with E-state index >= 15 is 0 Å². The van der Waals surface area contributed by atoms with Crippen LogP contribution < -0.4 is 16.0 Å². The minimum absolute atomic E-state index is 0.0144. The van der Waals surface area contributed by atoms with Gasteiger partial charge in [-0.3, -0.25) is 23.7 Å². The van der Waals surface area contributed by atoms with Crippen molar-refractivity contribution >= 4 is 44.6 Å². The number of nitrogens with zero attached hydrogens (tertiary/aromatic N) is 1. The summed E-state index contributed by atoms with van der Waals surface area (Å²) in [5.74, 6) is -2.77. The van der Waals surface area contributed by atoms with Crippen LogP contribution in [0.5, 0.6) is 0 Å². The number of piperidine rings is 2. The van der Waals surface area contributed by atoms with Crippen molar-refractivity contribution in [3.63, 3.8) is 0 Å². The molecular weight excluding hydrogens is 590 g/mol. The fourth-order valence-corrected chi connectivity index (χ4v) is 7.90. The number of aromatic amines is 1. The van der Waals surface area contributed by atoms with E-state index < -0.39 is 57.3 Å². The molecular formula is C30H39N5O8S. The van der Waals surface area contributed by atoms with Gasteiger partial charge in [-0.15, -0.1) is 0 Å². The van der Waals surface area contributed by atoms with Crippen LogP contribution in [0, 0.1) is 29.1 Å². The summed E-state index contributed by atoms with van der Waals surface area (Å²) in [5.41, 5.74) is -1.51. The summed E-state index contributed by atoms with van der Waals surface area (Å²) in [6.45, 7) is 4.76. The topological polar surface area (TPSA) is 198 Å². The van der Waals surface area contributed by atoms with Crippen molar-refractivity contribution in [2.75, 3.05) is 13.1 Å². The predicted octanol–water partition coefficient (Wildman–Crippen LogP) is 0.767. The van der Waals surface area contributed by atoms with Crippen molar-refractivity contribution in [1.29, 1.82) is 0 Å². The van der Waals surface area contributed by atoms with Gasteiger partial charge in [0.05, 0.1) is 6.04 Å². The Labute approximate surface area is 255 Å². The molecule has 4 aliphatic rings. The first-order valence-electron chi connectivity index (χ1n) is 15.2. The molecule has 13 nitrogen and oxygen atoms in total. The average molecular weight is 630 g/mol. The summed E-state index contributed by atoms with van der Waals surface area (Å²) < 4.78 is 33.5. The third-order valence-electron chi connectivity index (χ3n) is 10.1. The Kier molecular flexibility index (Phi) is 7.73. The number of para-hydroxylation sites is 1. The smallest absolute Gasteiger partial charge is 0.294 e. The molecule has 1 aromatic heterocycles. The van der Waals surface area contributed by atoms with Gasteiger partial charge >= 0.3 is 0 Å². The van der Waals surface area contributed by atoms with E-state index in [1.165, 1.54) is 4.90 Å². The molecule has 2 aliphatic carbocycles. The van der Waals surface area contributed by atoms with Crippen LogP contribution in [0.1, 0.15) is 56.4 Å². The number of amides is 4.